The molecule has 0 atom stereocenters. The molecule has 1 heterocycles. The molecule has 1 aromatic rings. The minimum atomic E-state index is -0.197. The third-order valence-electron chi connectivity index (χ3n) is 3.24. The monoisotopic (exact) mass is 273 g/mol. The zero-order valence-corrected chi connectivity index (χ0v) is 11.0. The molecule has 2 rings (SSSR count). The molecule has 0 aliphatic carbocycles. The average molecular weight is 273 g/mol. The van der Waals surface area contributed by atoms with Crippen LogP contribution in [0.4, 0.5) is 0 Å². The van der Waals surface area contributed by atoms with E-state index in [0.717, 1.165) is 0 Å². The standard InChI is InChI=1S/C14H15N3O3/c15-5-4-13(19)16-6-8-17(9-7-16)14(20)11-2-1-3-12(18)10-11/h1-3,10,18H,4,6-9H2. The average Bonchev–Trinajstić information content (AvgIpc) is 2.47. The second-order valence-corrected chi connectivity index (χ2v) is 4.56. The number of phenolic OH excluding ortho intramolecular Hbond substituents is 1. The topological polar surface area (TPSA) is 84.6 Å². The molecule has 1 aliphatic heterocycles. The lowest BCUT2D eigenvalue weighted by Gasteiger charge is -2.34. The Hall–Kier alpha value is -2.55. The first kappa shape index (κ1) is 13.9. The molecule has 1 fully saturated rings. The fourth-order valence-corrected chi connectivity index (χ4v) is 2.16. The van der Waals surface area contributed by atoms with E-state index in [0.29, 0.717) is 31.7 Å². The van der Waals surface area contributed by atoms with Crippen molar-refractivity contribution < 1.29 is 14.7 Å². The van der Waals surface area contributed by atoms with Gasteiger partial charge in [-0.3, -0.25) is 9.59 Å². The molecule has 0 unspecified atom stereocenters. The number of amides is 2. The third kappa shape index (κ3) is 3.06. The summed E-state index contributed by atoms with van der Waals surface area (Å²) in [4.78, 5) is 27.0. The third-order valence-corrected chi connectivity index (χ3v) is 3.24. The maximum Gasteiger partial charge on any atom is 0.254 e. The number of piperazine rings is 1. The summed E-state index contributed by atoms with van der Waals surface area (Å²) in [5.74, 6) is -0.302. The second kappa shape index (κ2) is 6.06. The van der Waals surface area contributed by atoms with Crippen LogP contribution >= 0.6 is 0 Å². The van der Waals surface area contributed by atoms with E-state index >= 15 is 0 Å². The van der Waals surface area contributed by atoms with Gasteiger partial charge in [0, 0.05) is 31.7 Å². The Morgan fingerprint density at radius 2 is 1.85 bits per heavy atom. The molecule has 6 nitrogen and oxygen atoms in total. The van der Waals surface area contributed by atoms with Gasteiger partial charge in [-0.05, 0) is 18.2 Å². The Bertz CT molecular complexity index is 557. The van der Waals surface area contributed by atoms with Gasteiger partial charge in [-0.15, -0.1) is 0 Å². The van der Waals surface area contributed by atoms with Crippen molar-refractivity contribution in [2.75, 3.05) is 26.2 Å². The van der Waals surface area contributed by atoms with Crippen molar-refractivity contribution in [1.82, 2.24) is 9.80 Å². The molecule has 1 aromatic carbocycles. The molecule has 0 spiro atoms. The van der Waals surface area contributed by atoms with Gasteiger partial charge in [-0.25, -0.2) is 0 Å². The van der Waals surface area contributed by atoms with Crippen LogP contribution in [0.1, 0.15) is 16.8 Å². The van der Waals surface area contributed by atoms with Crippen LogP contribution in [-0.4, -0.2) is 52.9 Å². The minimum absolute atomic E-state index is 0.0543. The van der Waals surface area contributed by atoms with E-state index < -0.39 is 0 Å². The number of hydrogen-bond acceptors (Lipinski definition) is 4. The van der Waals surface area contributed by atoms with Crippen molar-refractivity contribution in [1.29, 1.82) is 5.26 Å². The van der Waals surface area contributed by atoms with Gasteiger partial charge >= 0.3 is 0 Å². The summed E-state index contributed by atoms with van der Waals surface area (Å²) in [6.07, 6.45) is -0.124. The van der Waals surface area contributed by atoms with Crippen LogP contribution in [0.25, 0.3) is 0 Å². The van der Waals surface area contributed by atoms with Crippen LogP contribution in [0, 0.1) is 11.3 Å². The van der Waals surface area contributed by atoms with Gasteiger partial charge in [-0.1, -0.05) is 6.07 Å². The lowest BCUT2D eigenvalue weighted by Crippen LogP contribution is -2.50. The lowest BCUT2D eigenvalue weighted by atomic mass is 10.1. The number of carbonyl (C=O) groups excluding carboxylic acids is 2. The van der Waals surface area contributed by atoms with Crippen molar-refractivity contribution in [3.05, 3.63) is 29.8 Å². The quantitative estimate of drug-likeness (QED) is 0.854. The molecule has 0 saturated carbocycles. The Morgan fingerprint density at radius 3 is 2.45 bits per heavy atom. The highest BCUT2D eigenvalue weighted by molar-refractivity contribution is 5.94. The fourth-order valence-electron chi connectivity index (χ4n) is 2.16. The van der Waals surface area contributed by atoms with Crippen LogP contribution in [0.2, 0.25) is 0 Å². The van der Waals surface area contributed by atoms with E-state index in [-0.39, 0.29) is 24.0 Å². The van der Waals surface area contributed by atoms with E-state index in [1.807, 2.05) is 6.07 Å². The maximum atomic E-state index is 12.2. The van der Waals surface area contributed by atoms with Gasteiger partial charge < -0.3 is 14.9 Å². The van der Waals surface area contributed by atoms with Crippen molar-refractivity contribution in [3.63, 3.8) is 0 Å². The Morgan fingerprint density at radius 1 is 1.20 bits per heavy atom. The van der Waals surface area contributed by atoms with E-state index in [9.17, 15) is 14.7 Å². The van der Waals surface area contributed by atoms with Gasteiger partial charge in [0.25, 0.3) is 5.91 Å². The van der Waals surface area contributed by atoms with Crippen LogP contribution in [0.15, 0.2) is 24.3 Å². The summed E-state index contributed by atoms with van der Waals surface area (Å²) >= 11 is 0. The van der Waals surface area contributed by atoms with Gasteiger partial charge in [0.15, 0.2) is 0 Å². The molecule has 1 saturated heterocycles. The zero-order chi connectivity index (χ0) is 14.5. The van der Waals surface area contributed by atoms with E-state index in [1.54, 1.807) is 21.9 Å². The Balaban J connectivity index is 1.96. The molecule has 0 aromatic heterocycles. The van der Waals surface area contributed by atoms with Crippen molar-refractivity contribution in [3.8, 4) is 11.8 Å². The summed E-state index contributed by atoms with van der Waals surface area (Å²) in [5.41, 5.74) is 0.432. The smallest absolute Gasteiger partial charge is 0.254 e. The van der Waals surface area contributed by atoms with Crippen LogP contribution < -0.4 is 0 Å². The number of benzene rings is 1. The predicted molar refractivity (Wildman–Crippen MR) is 70.8 cm³/mol. The summed E-state index contributed by atoms with van der Waals surface area (Å²) in [6, 6.07) is 8.04. The first-order valence-electron chi connectivity index (χ1n) is 6.35. The van der Waals surface area contributed by atoms with Crippen molar-refractivity contribution >= 4 is 11.8 Å². The molecule has 1 N–H and O–H groups in total. The fraction of sp³-hybridized carbons (Fsp3) is 0.357. The van der Waals surface area contributed by atoms with E-state index in [4.69, 9.17) is 5.26 Å². The molecule has 104 valence electrons. The van der Waals surface area contributed by atoms with Crippen molar-refractivity contribution in [2.24, 2.45) is 0 Å². The van der Waals surface area contributed by atoms with Gasteiger partial charge in [0.05, 0.1) is 6.07 Å². The van der Waals surface area contributed by atoms with Crippen LogP contribution in [0.3, 0.4) is 0 Å². The number of hydrogen-bond donors (Lipinski definition) is 1. The number of nitrogens with zero attached hydrogens (tertiary/aromatic N) is 3. The lowest BCUT2D eigenvalue weighted by molar-refractivity contribution is -0.131. The molecule has 0 radical (unpaired) electrons. The van der Waals surface area contributed by atoms with Gasteiger partial charge in [0.1, 0.15) is 12.2 Å². The molecule has 2 amide bonds. The first-order chi connectivity index (χ1) is 9.61. The summed E-state index contributed by atoms with van der Waals surface area (Å²) in [5, 5.41) is 17.9. The first-order valence-corrected chi connectivity index (χ1v) is 6.35. The van der Waals surface area contributed by atoms with E-state index in [2.05, 4.69) is 0 Å². The maximum absolute atomic E-state index is 12.2. The van der Waals surface area contributed by atoms with Crippen LogP contribution in [0.5, 0.6) is 5.75 Å². The number of nitriles is 1. The zero-order valence-electron chi connectivity index (χ0n) is 11.0. The van der Waals surface area contributed by atoms with Crippen LogP contribution in [-0.2, 0) is 4.79 Å². The molecule has 0 bridgehead atoms. The van der Waals surface area contributed by atoms with Gasteiger partial charge in [0.2, 0.25) is 5.91 Å². The summed E-state index contributed by atoms with van der Waals surface area (Å²) in [6.45, 7) is 1.74. The SMILES string of the molecule is N#CCC(=O)N1CCN(C(=O)c2cccc(O)c2)CC1. The van der Waals surface area contributed by atoms with E-state index in [1.165, 1.54) is 12.1 Å². The second-order valence-electron chi connectivity index (χ2n) is 4.56. The highest BCUT2D eigenvalue weighted by Gasteiger charge is 2.24. The molecular formula is C14H15N3O3. The number of rotatable bonds is 2. The molecule has 1 aliphatic rings. The highest BCUT2D eigenvalue weighted by atomic mass is 16.3. The summed E-state index contributed by atoms with van der Waals surface area (Å²) < 4.78 is 0. The van der Waals surface area contributed by atoms with Gasteiger partial charge in [-0.2, -0.15) is 5.26 Å². The number of aromatic hydroxyl groups is 1. The minimum Gasteiger partial charge on any atom is -0.508 e. The highest BCUT2D eigenvalue weighted by Crippen LogP contribution is 2.14. The number of phenols is 1. The number of carbonyl (C=O) groups is 2. The molecule has 6 heteroatoms. The summed E-state index contributed by atoms with van der Waals surface area (Å²) in [7, 11) is 0. The molecule has 20 heavy (non-hydrogen) atoms. The Kier molecular flexibility index (Phi) is 4.20. The predicted octanol–water partition coefficient (Wildman–Crippen LogP) is 0.590. The van der Waals surface area contributed by atoms with Crippen molar-refractivity contribution in [2.45, 2.75) is 6.42 Å². The normalized spacial score (nSPS) is 14.8. The Labute approximate surface area is 116 Å². The largest absolute Gasteiger partial charge is 0.508 e. The molecular weight excluding hydrogens is 258 g/mol.